The number of carbonyl (C=O) groups excluding carboxylic acids is 1. The first kappa shape index (κ1) is 14.7. The average Bonchev–Trinajstić information content (AvgIpc) is 2.75. The Morgan fingerprint density at radius 2 is 2.11 bits per heavy atom. The maximum atomic E-state index is 11.1. The second kappa shape index (κ2) is 6.53. The number of carbonyl (C=O) groups is 1. The SMILES string of the molecule is COC(=O)c1ccc(CNCCNS(C)(=O)=O)o1. The molecule has 2 N–H and O–H groups in total. The van der Waals surface area contributed by atoms with E-state index >= 15 is 0 Å². The van der Waals surface area contributed by atoms with E-state index in [1.165, 1.54) is 13.2 Å². The van der Waals surface area contributed by atoms with E-state index in [4.69, 9.17) is 4.42 Å². The van der Waals surface area contributed by atoms with E-state index in [0.29, 0.717) is 25.4 Å². The zero-order valence-electron chi connectivity index (χ0n) is 10.2. The maximum absolute atomic E-state index is 11.1. The van der Waals surface area contributed by atoms with Crippen LogP contribution in [0.3, 0.4) is 0 Å². The molecule has 1 rings (SSSR count). The van der Waals surface area contributed by atoms with Crippen molar-refractivity contribution in [3.8, 4) is 0 Å². The number of furan rings is 1. The number of nitrogens with one attached hydrogen (secondary N) is 2. The maximum Gasteiger partial charge on any atom is 0.373 e. The van der Waals surface area contributed by atoms with Gasteiger partial charge in [-0.15, -0.1) is 0 Å². The largest absolute Gasteiger partial charge is 0.463 e. The Kier molecular flexibility index (Phi) is 5.32. The molecule has 0 atom stereocenters. The third-order valence-corrected chi connectivity index (χ3v) is 2.74. The number of ether oxygens (including phenoxy) is 1. The Balaban J connectivity index is 2.28. The van der Waals surface area contributed by atoms with Gasteiger partial charge in [-0.2, -0.15) is 0 Å². The van der Waals surface area contributed by atoms with Crippen LogP contribution >= 0.6 is 0 Å². The number of sulfonamides is 1. The zero-order chi connectivity index (χ0) is 13.6. The van der Waals surface area contributed by atoms with Crippen molar-refractivity contribution in [1.82, 2.24) is 10.0 Å². The molecule has 0 aromatic carbocycles. The molecule has 7 nitrogen and oxygen atoms in total. The van der Waals surface area contributed by atoms with Gasteiger partial charge in [0.15, 0.2) is 0 Å². The summed E-state index contributed by atoms with van der Waals surface area (Å²) in [6.07, 6.45) is 1.10. The second-order valence-corrected chi connectivity index (χ2v) is 5.43. The van der Waals surface area contributed by atoms with Crippen LogP contribution in [0.2, 0.25) is 0 Å². The Bertz CT molecular complexity index is 494. The average molecular weight is 276 g/mol. The van der Waals surface area contributed by atoms with Crippen LogP contribution in [0.25, 0.3) is 0 Å². The van der Waals surface area contributed by atoms with Crippen molar-refractivity contribution in [2.75, 3.05) is 26.5 Å². The van der Waals surface area contributed by atoms with E-state index in [0.717, 1.165) is 6.26 Å². The van der Waals surface area contributed by atoms with Gasteiger partial charge in [0.25, 0.3) is 0 Å². The van der Waals surface area contributed by atoms with E-state index < -0.39 is 16.0 Å². The van der Waals surface area contributed by atoms with E-state index in [1.807, 2.05) is 0 Å². The topological polar surface area (TPSA) is 97.6 Å². The van der Waals surface area contributed by atoms with Crippen molar-refractivity contribution in [3.63, 3.8) is 0 Å². The molecule has 0 spiro atoms. The van der Waals surface area contributed by atoms with Crippen LogP contribution in [0.4, 0.5) is 0 Å². The molecule has 0 aliphatic rings. The lowest BCUT2D eigenvalue weighted by Gasteiger charge is -2.03. The summed E-state index contributed by atoms with van der Waals surface area (Å²) in [5.41, 5.74) is 0. The number of rotatable bonds is 7. The fraction of sp³-hybridized carbons (Fsp3) is 0.500. The molecule has 0 saturated heterocycles. The highest BCUT2D eigenvalue weighted by molar-refractivity contribution is 7.88. The minimum Gasteiger partial charge on any atom is -0.463 e. The molecule has 0 saturated carbocycles. The standard InChI is InChI=1S/C10H16N2O5S/c1-16-10(13)9-4-3-8(17-9)7-11-5-6-12-18(2,14)15/h3-4,11-12H,5-7H2,1-2H3. The van der Waals surface area contributed by atoms with Gasteiger partial charge in [0.1, 0.15) is 5.76 Å². The monoisotopic (exact) mass is 276 g/mol. The minimum atomic E-state index is -3.15. The molecule has 0 bridgehead atoms. The van der Waals surface area contributed by atoms with E-state index in [-0.39, 0.29) is 5.76 Å². The van der Waals surface area contributed by atoms with Gasteiger partial charge in [0.05, 0.1) is 19.9 Å². The Labute approximate surface area is 106 Å². The number of methoxy groups -OCH3 is 1. The van der Waals surface area contributed by atoms with Crippen LogP contribution < -0.4 is 10.0 Å². The predicted molar refractivity (Wildman–Crippen MR) is 64.6 cm³/mol. The zero-order valence-corrected chi connectivity index (χ0v) is 11.0. The van der Waals surface area contributed by atoms with E-state index in [9.17, 15) is 13.2 Å². The summed E-state index contributed by atoms with van der Waals surface area (Å²) < 4.78 is 33.6. The molecule has 1 aromatic rings. The van der Waals surface area contributed by atoms with Crippen LogP contribution in [0.5, 0.6) is 0 Å². The van der Waals surface area contributed by atoms with Crippen LogP contribution in [0.15, 0.2) is 16.5 Å². The molecule has 0 aliphatic heterocycles. The molecule has 0 radical (unpaired) electrons. The second-order valence-electron chi connectivity index (χ2n) is 3.60. The molecule has 0 amide bonds. The molecule has 0 fully saturated rings. The van der Waals surface area contributed by atoms with Gasteiger partial charge >= 0.3 is 5.97 Å². The van der Waals surface area contributed by atoms with E-state index in [2.05, 4.69) is 14.8 Å². The van der Waals surface area contributed by atoms with Gasteiger partial charge in [-0.1, -0.05) is 0 Å². The van der Waals surface area contributed by atoms with Crippen LogP contribution in [-0.2, 0) is 21.3 Å². The molecule has 1 aromatic heterocycles. The summed E-state index contributed by atoms with van der Waals surface area (Å²) >= 11 is 0. The summed E-state index contributed by atoms with van der Waals surface area (Å²) in [4.78, 5) is 11.1. The first-order valence-corrected chi connectivity index (χ1v) is 7.14. The van der Waals surface area contributed by atoms with Crippen LogP contribution in [-0.4, -0.2) is 40.8 Å². The third kappa shape index (κ3) is 5.30. The molecule has 102 valence electrons. The third-order valence-electron chi connectivity index (χ3n) is 2.01. The molecule has 1 heterocycles. The molecule has 0 aliphatic carbocycles. The smallest absolute Gasteiger partial charge is 0.373 e. The van der Waals surface area contributed by atoms with Gasteiger partial charge in [0, 0.05) is 13.1 Å². The fourth-order valence-corrected chi connectivity index (χ4v) is 1.69. The summed E-state index contributed by atoms with van der Waals surface area (Å²) in [7, 11) is -1.88. The number of hydrogen-bond acceptors (Lipinski definition) is 6. The Morgan fingerprint density at radius 3 is 2.72 bits per heavy atom. The molecule has 0 unspecified atom stereocenters. The summed E-state index contributed by atoms with van der Waals surface area (Å²) in [5, 5.41) is 2.97. The summed E-state index contributed by atoms with van der Waals surface area (Å²) in [6, 6.07) is 3.18. The Hall–Kier alpha value is -1.38. The highest BCUT2D eigenvalue weighted by Gasteiger charge is 2.10. The normalized spacial score (nSPS) is 11.4. The summed E-state index contributed by atoms with van der Waals surface area (Å²) in [6.45, 7) is 1.16. The highest BCUT2D eigenvalue weighted by Crippen LogP contribution is 2.08. The van der Waals surface area contributed by atoms with Crippen LogP contribution in [0, 0.1) is 0 Å². The molecule has 8 heteroatoms. The number of hydrogen-bond donors (Lipinski definition) is 2. The fourth-order valence-electron chi connectivity index (χ4n) is 1.22. The van der Waals surface area contributed by atoms with Gasteiger partial charge in [-0.05, 0) is 12.1 Å². The van der Waals surface area contributed by atoms with E-state index in [1.54, 1.807) is 6.07 Å². The molecular weight excluding hydrogens is 260 g/mol. The first-order chi connectivity index (χ1) is 8.42. The van der Waals surface area contributed by atoms with Crippen molar-refractivity contribution >= 4 is 16.0 Å². The van der Waals surface area contributed by atoms with Crippen LogP contribution in [0.1, 0.15) is 16.3 Å². The highest BCUT2D eigenvalue weighted by atomic mass is 32.2. The van der Waals surface area contributed by atoms with Crippen molar-refractivity contribution in [2.45, 2.75) is 6.54 Å². The molecule has 18 heavy (non-hydrogen) atoms. The van der Waals surface area contributed by atoms with Gasteiger partial charge < -0.3 is 14.5 Å². The van der Waals surface area contributed by atoms with Gasteiger partial charge in [0.2, 0.25) is 15.8 Å². The van der Waals surface area contributed by atoms with Crippen molar-refractivity contribution < 1.29 is 22.4 Å². The quantitative estimate of drug-likeness (QED) is 0.524. The van der Waals surface area contributed by atoms with Crippen molar-refractivity contribution in [3.05, 3.63) is 23.7 Å². The lowest BCUT2D eigenvalue weighted by molar-refractivity contribution is 0.0563. The lowest BCUT2D eigenvalue weighted by atomic mass is 10.4. The van der Waals surface area contributed by atoms with Crippen molar-refractivity contribution in [1.29, 1.82) is 0 Å². The summed E-state index contributed by atoms with van der Waals surface area (Å²) in [5.74, 6) is 0.193. The predicted octanol–water partition coefficient (Wildman–Crippen LogP) is -0.295. The Morgan fingerprint density at radius 1 is 1.39 bits per heavy atom. The number of esters is 1. The molecular formula is C10H16N2O5S. The minimum absolute atomic E-state index is 0.142. The van der Waals surface area contributed by atoms with Gasteiger partial charge in [-0.3, -0.25) is 0 Å². The first-order valence-electron chi connectivity index (χ1n) is 5.25. The lowest BCUT2D eigenvalue weighted by Crippen LogP contribution is -2.30. The van der Waals surface area contributed by atoms with Gasteiger partial charge in [-0.25, -0.2) is 17.9 Å². The van der Waals surface area contributed by atoms with Crippen molar-refractivity contribution in [2.24, 2.45) is 0 Å².